The molecule has 0 spiro atoms. The second-order valence-corrected chi connectivity index (χ2v) is 8.02. The number of carbonyl (C=O) groups is 1. The monoisotopic (exact) mass is 444 g/mol. The molecular weight excluding hydrogens is 421 g/mol. The Balaban J connectivity index is 1.62. The van der Waals surface area contributed by atoms with Gasteiger partial charge in [-0.15, -0.1) is 0 Å². The Kier molecular flexibility index (Phi) is 5.68. The number of fused-ring (bicyclic) bond motifs is 1. The number of aryl methyl sites for hydroxylation is 1. The Bertz CT molecular complexity index is 1120. The fourth-order valence-electron chi connectivity index (χ4n) is 3.77. The number of hydrogen-bond acceptors (Lipinski definition) is 4. The van der Waals surface area contributed by atoms with Crippen LogP contribution in [0.3, 0.4) is 0 Å². The van der Waals surface area contributed by atoms with Crippen LogP contribution >= 0.6 is 0 Å². The van der Waals surface area contributed by atoms with Gasteiger partial charge in [-0.25, -0.2) is 4.68 Å². The lowest BCUT2D eigenvalue weighted by molar-refractivity contribution is -0.173. The molecule has 1 aliphatic rings. The lowest BCUT2D eigenvalue weighted by Gasteiger charge is -2.33. The van der Waals surface area contributed by atoms with E-state index < -0.39 is 30.3 Å². The van der Waals surface area contributed by atoms with E-state index in [0.717, 1.165) is 15.8 Å². The van der Waals surface area contributed by atoms with Crippen molar-refractivity contribution in [1.29, 1.82) is 0 Å². The predicted molar refractivity (Wildman–Crippen MR) is 115 cm³/mol. The number of anilines is 2. The van der Waals surface area contributed by atoms with E-state index in [2.05, 4.69) is 15.7 Å². The summed E-state index contributed by atoms with van der Waals surface area (Å²) in [5.74, 6) is -0.503. The topological polar surface area (TPSA) is 79.2 Å². The maximum absolute atomic E-state index is 13.8. The second-order valence-electron chi connectivity index (χ2n) is 8.02. The first-order valence-corrected chi connectivity index (χ1v) is 10.2. The molecule has 1 aromatic heterocycles. The minimum atomic E-state index is -4.52. The number of benzene rings is 2. The maximum atomic E-state index is 13.8. The number of nitrogens with zero attached hydrogens (tertiary/aromatic N) is 2. The van der Waals surface area contributed by atoms with E-state index in [-0.39, 0.29) is 17.9 Å². The predicted octanol–water partition coefficient (Wildman–Crippen LogP) is 5.16. The fraction of sp³-hybridized carbons (Fsp3) is 0.304. The Morgan fingerprint density at radius 2 is 1.94 bits per heavy atom. The van der Waals surface area contributed by atoms with E-state index in [4.69, 9.17) is 0 Å². The maximum Gasteiger partial charge on any atom is 0.410 e. The van der Waals surface area contributed by atoms with Crippen molar-refractivity contribution >= 4 is 17.4 Å². The number of carbonyl (C=O) groups excluding carboxylic acids is 1. The van der Waals surface area contributed by atoms with E-state index in [1.165, 1.54) is 6.07 Å². The van der Waals surface area contributed by atoms with Gasteiger partial charge in [-0.1, -0.05) is 42.0 Å². The highest BCUT2D eigenvalue weighted by Crippen LogP contribution is 2.43. The summed E-state index contributed by atoms with van der Waals surface area (Å²) in [4.78, 5) is 12.7. The first kappa shape index (κ1) is 21.9. The summed E-state index contributed by atoms with van der Waals surface area (Å²) in [6, 6.07) is 12.8. The standard InChI is InChI=1S/C23H23F3N4O2/c1-13-6-8-15(9-7-13)18-11-20(23(24,25)26)30-21(28-18)12-19(29-30)22(32)27-17-5-3-4-16(10-17)14(2)31/h3-10,12,14,18,20,28,31H,11H2,1-2H3,(H,27,32)/t14-,18+,20+/m1/s1. The van der Waals surface area contributed by atoms with Crippen molar-refractivity contribution in [2.45, 2.75) is 44.6 Å². The van der Waals surface area contributed by atoms with Crippen molar-refractivity contribution in [1.82, 2.24) is 9.78 Å². The molecule has 6 nitrogen and oxygen atoms in total. The first-order valence-electron chi connectivity index (χ1n) is 10.2. The number of nitrogens with one attached hydrogen (secondary N) is 2. The number of halogens is 3. The number of aliphatic hydroxyl groups is 1. The van der Waals surface area contributed by atoms with Gasteiger partial charge in [0.15, 0.2) is 11.7 Å². The largest absolute Gasteiger partial charge is 0.410 e. The van der Waals surface area contributed by atoms with Crippen molar-refractivity contribution in [3.8, 4) is 0 Å². The Morgan fingerprint density at radius 3 is 2.59 bits per heavy atom. The van der Waals surface area contributed by atoms with Crippen LogP contribution in [-0.2, 0) is 0 Å². The molecule has 0 radical (unpaired) electrons. The number of alkyl halides is 3. The fourth-order valence-corrected chi connectivity index (χ4v) is 3.77. The molecule has 2 aromatic carbocycles. The van der Waals surface area contributed by atoms with Crippen LogP contribution in [0.4, 0.5) is 24.7 Å². The highest BCUT2D eigenvalue weighted by atomic mass is 19.4. The van der Waals surface area contributed by atoms with Gasteiger partial charge >= 0.3 is 6.18 Å². The molecule has 1 amide bonds. The first-order chi connectivity index (χ1) is 15.1. The van der Waals surface area contributed by atoms with Gasteiger partial charge in [0, 0.05) is 18.2 Å². The summed E-state index contributed by atoms with van der Waals surface area (Å²) in [6.07, 6.45) is -5.48. The number of rotatable bonds is 4. The van der Waals surface area contributed by atoms with E-state index in [9.17, 15) is 23.1 Å². The minimum absolute atomic E-state index is 0.131. The third kappa shape index (κ3) is 4.47. The number of aliphatic hydroxyl groups excluding tert-OH is 1. The Morgan fingerprint density at radius 1 is 1.22 bits per heavy atom. The average Bonchev–Trinajstić information content (AvgIpc) is 3.17. The van der Waals surface area contributed by atoms with Gasteiger partial charge in [0.1, 0.15) is 5.82 Å². The molecule has 0 unspecified atom stereocenters. The summed E-state index contributed by atoms with van der Waals surface area (Å²) in [7, 11) is 0. The molecule has 0 saturated carbocycles. The minimum Gasteiger partial charge on any atom is -0.389 e. The van der Waals surface area contributed by atoms with Crippen LogP contribution in [0.2, 0.25) is 0 Å². The molecule has 168 valence electrons. The third-order valence-electron chi connectivity index (χ3n) is 5.53. The normalized spacial score (nSPS) is 19.1. The molecular formula is C23H23F3N4O2. The van der Waals surface area contributed by atoms with Crippen LogP contribution in [0.5, 0.6) is 0 Å². The molecule has 3 aromatic rings. The zero-order valence-electron chi connectivity index (χ0n) is 17.5. The molecule has 3 N–H and O–H groups in total. The van der Waals surface area contributed by atoms with Gasteiger partial charge in [0.2, 0.25) is 0 Å². The van der Waals surface area contributed by atoms with Gasteiger partial charge in [-0.3, -0.25) is 4.79 Å². The molecule has 1 aliphatic heterocycles. The van der Waals surface area contributed by atoms with Gasteiger partial charge in [0.25, 0.3) is 5.91 Å². The third-order valence-corrected chi connectivity index (χ3v) is 5.53. The van der Waals surface area contributed by atoms with Gasteiger partial charge in [0.05, 0.1) is 12.1 Å². The van der Waals surface area contributed by atoms with E-state index in [1.807, 2.05) is 19.1 Å². The highest BCUT2D eigenvalue weighted by molar-refractivity contribution is 6.03. The molecule has 9 heteroatoms. The van der Waals surface area contributed by atoms with Crippen LogP contribution in [0.15, 0.2) is 54.6 Å². The lowest BCUT2D eigenvalue weighted by atomic mass is 9.96. The van der Waals surface area contributed by atoms with Crippen molar-refractivity contribution in [3.05, 3.63) is 77.0 Å². The number of aromatic nitrogens is 2. The van der Waals surface area contributed by atoms with E-state index in [1.54, 1.807) is 43.3 Å². The van der Waals surface area contributed by atoms with Crippen LogP contribution < -0.4 is 10.6 Å². The van der Waals surface area contributed by atoms with Crippen LogP contribution in [0.25, 0.3) is 0 Å². The summed E-state index contributed by atoms with van der Waals surface area (Å²) in [5, 5.41) is 19.4. The molecule has 2 heterocycles. The van der Waals surface area contributed by atoms with E-state index in [0.29, 0.717) is 11.3 Å². The highest BCUT2D eigenvalue weighted by Gasteiger charge is 2.46. The van der Waals surface area contributed by atoms with Gasteiger partial charge in [-0.2, -0.15) is 18.3 Å². The molecule has 0 bridgehead atoms. The summed E-state index contributed by atoms with van der Waals surface area (Å²) in [5.41, 5.74) is 2.64. The zero-order valence-corrected chi connectivity index (χ0v) is 17.5. The van der Waals surface area contributed by atoms with Gasteiger partial charge < -0.3 is 15.7 Å². The van der Waals surface area contributed by atoms with Crippen molar-refractivity contribution in [3.63, 3.8) is 0 Å². The summed E-state index contributed by atoms with van der Waals surface area (Å²) >= 11 is 0. The molecule has 0 fully saturated rings. The molecule has 0 saturated heterocycles. The van der Waals surface area contributed by atoms with Crippen LogP contribution in [0.1, 0.15) is 58.7 Å². The summed E-state index contributed by atoms with van der Waals surface area (Å²) < 4.78 is 42.4. The average molecular weight is 444 g/mol. The molecule has 3 atom stereocenters. The second kappa shape index (κ2) is 8.31. The SMILES string of the molecule is Cc1ccc([C@@H]2C[C@@H](C(F)(F)F)n3nc(C(=O)Nc4cccc([C@@H](C)O)c4)cc3N2)cc1. The molecule has 0 aliphatic carbocycles. The van der Waals surface area contributed by atoms with Crippen molar-refractivity contribution < 1.29 is 23.1 Å². The molecule has 4 rings (SSSR count). The number of amides is 1. The zero-order chi connectivity index (χ0) is 23.0. The number of hydrogen-bond donors (Lipinski definition) is 3. The lowest BCUT2D eigenvalue weighted by Crippen LogP contribution is -2.35. The van der Waals surface area contributed by atoms with Crippen molar-refractivity contribution in [2.24, 2.45) is 0 Å². The quantitative estimate of drug-likeness (QED) is 0.520. The smallest absolute Gasteiger partial charge is 0.389 e. The Hall–Kier alpha value is -3.33. The van der Waals surface area contributed by atoms with Crippen LogP contribution in [0, 0.1) is 6.92 Å². The molecule has 32 heavy (non-hydrogen) atoms. The summed E-state index contributed by atoms with van der Waals surface area (Å²) in [6.45, 7) is 3.51. The van der Waals surface area contributed by atoms with E-state index >= 15 is 0 Å². The Labute approximate surface area is 183 Å². The van der Waals surface area contributed by atoms with Gasteiger partial charge in [-0.05, 0) is 37.1 Å². The van der Waals surface area contributed by atoms with Crippen LogP contribution in [-0.4, -0.2) is 27.0 Å². The van der Waals surface area contributed by atoms with Crippen molar-refractivity contribution in [2.75, 3.05) is 10.6 Å².